The molecule has 8 nitrogen and oxygen atoms in total. The summed E-state index contributed by atoms with van der Waals surface area (Å²) in [7, 11) is 1.59. The maximum atomic E-state index is 11.0. The Bertz CT molecular complexity index is 635. The third kappa shape index (κ3) is 1.90. The smallest absolute Gasteiger partial charge is 0.335 e. The standard InChI is InChI=1S/C10H8N4O4/c1-13-9(5-11-12-13)7-3-2-6(10(15)16)4-8(7)14(17)18/h2-5H,1H3,(H,15,16). The average Bonchev–Trinajstić information content (AvgIpc) is 2.74. The van der Waals surface area contributed by atoms with Crippen LogP contribution in [0.3, 0.4) is 0 Å². The second-order valence-electron chi connectivity index (χ2n) is 3.54. The molecule has 0 aliphatic heterocycles. The van der Waals surface area contributed by atoms with Gasteiger partial charge in [-0.1, -0.05) is 5.21 Å². The first-order valence-electron chi connectivity index (χ1n) is 4.87. The van der Waals surface area contributed by atoms with Crippen LogP contribution >= 0.6 is 0 Å². The van der Waals surface area contributed by atoms with Crippen LogP contribution in [0.25, 0.3) is 11.3 Å². The van der Waals surface area contributed by atoms with Crippen LogP contribution in [0, 0.1) is 10.1 Å². The SMILES string of the molecule is Cn1nncc1-c1ccc(C(=O)O)cc1[N+](=O)[O-]. The molecule has 0 spiro atoms. The molecule has 0 bridgehead atoms. The van der Waals surface area contributed by atoms with E-state index in [1.54, 1.807) is 7.05 Å². The van der Waals surface area contributed by atoms with Crippen molar-refractivity contribution in [3.05, 3.63) is 40.1 Å². The molecule has 0 saturated carbocycles. The lowest BCUT2D eigenvalue weighted by Crippen LogP contribution is -2.01. The summed E-state index contributed by atoms with van der Waals surface area (Å²) < 4.78 is 1.38. The molecule has 1 aromatic heterocycles. The van der Waals surface area contributed by atoms with E-state index in [1.807, 2.05) is 0 Å². The van der Waals surface area contributed by atoms with Crippen molar-refractivity contribution in [3.63, 3.8) is 0 Å². The van der Waals surface area contributed by atoms with Gasteiger partial charge in [0.15, 0.2) is 0 Å². The highest BCUT2D eigenvalue weighted by Gasteiger charge is 2.20. The van der Waals surface area contributed by atoms with Crippen molar-refractivity contribution >= 4 is 11.7 Å². The van der Waals surface area contributed by atoms with E-state index in [2.05, 4.69) is 10.3 Å². The number of hydrogen-bond donors (Lipinski definition) is 1. The van der Waals surface area contributed by atoms with Crippen molar-refractivity contribution in [2.45, 2.75) is 0 Å². The molecule has 0 amide bonds. The van der Waals surface area contributed by atoms with Crippen LogP contribution in [-0.2, 0) is 7.05 Å². The molecule has 0 fully saturated rings. The first-order valence-corrected chi connectivity index (χ1v) is 4.87. The molecule has 0 unspecified atom stereocenters. The third-order valence-corrected chi connectivity index (χ3v) is 2.43. The van der Waals surface area contributed by atoms with Crippen molar-refractivity contribution in [3.8, 4) is 11.3 Å². The monoisotopic (exact) mass is 248 g/mol. The van der Waals surface area contributed by atoms with Crippen molar-refractivity contribution < 1.29 is 14.8 Å². The van der Waals surface area contributed by atoms with E-state index in [4.69, 9.17) is 5.11 Å². The van der Waals surface area contributed by atoms with E-state index >= 15 is 0 Å². The van der Waals surface area contributed by atoms with Gasteiger partial charge in [-0.3, -0.25) is 10.1 Å². The molecule has 2 aromatic rings. The Hall–Kier alpha value is -2.77. The molecule has 2 rings (SSSR count). The number of carboxylic acids is 1. The van der Waals surface area contributed by atoms with Crippen molar-refractivity contribution in [1.82, 2.24) is 15.0 Å². The third-order valence-electron chi connectivity index (χ3n) is 2.43. The molecule has 92 valence electrons. The van der Waals surface area contributed by atoms with Gasteiger partial charge >= 0.3 is 5.97 Å². The number of nitrogens with zero attached hydrogens (tertiary/aromatic N) is 4. The van der Waals surface area contributed by atoms with Crippen molar-refractivity contribution in [2.24, 2.45) is 7.05 Å². The lowest BCUT2D eigenvalue weighted by Gasteiger charge is -2.03. The first kappa shape index (κ1) is 11.7. The minimum Gasteiger partial charge on any atom is -0.478 e. The topological polar surface area (TPSA) is 111 Å². The zero-order valence-corrected chi connectivity index (χ0v) is 9.27. The molecule has 0 saturated heterocycles. The van der Waals surface area contributed by atoms with Gasteiger partial charge in [0.1, 0.15) is 0 Å². The normalized spacial score (nSPS) is 10.3. The molecule has 18 heavy (non-hydrogen) atoms. The summed E-state index contributed by atoms with van der Waals surface area (Å²) in [6.07, 6.45) is 1.38. The van der Waals surface area contributed by atoms with Crippen LogP contribution < -0.4 is 0 Å². The van der Waals surface area contributed by atoms with Crippen LogP contribution in [0.15, 0.2) is 24.4 Å². The van der Waals surface area contributed by atoms with Crippen LogP contribution in [0.1, 0.15) is 10.4 Å². The van der Waals surface area contributed by atoms with Gasteiger partial charge < -0.3 is 5.11 Å². The number of benzene rings is 1. The Morgan fingerprint density at radius 2 is 2.22 bits per heavy atom. The Labute approximate surface area is 101 Å². The molecule has 1 heterocycles. The number of rotatable bonds is 3. The molecular weight excluding hydrogens is 240 g/mol. The fraction of sp³-hybridized carbons (Fsp3) is 0.100. The highest BCUT2D eigenvalue weighted by atomic mass is 16.6. The van der Waals surface area contributed by atoms with Crippen LogP contribution in [0.4, 0.5) is 5.69 Å². The zero-order valence-electron chi connectivity index (χ0n) is 9.27. The number of nitro benzene ring substituents is 1. The Kier molecular flexibility index (Phi) is 2.76. The summed E-state index contributed by atoms with van der Waals surface area (Å²) >= 11 is 0. The zero-order chi connectivity index (χ0) is 13.3. The van der Waals surface area contributed by atoms with E-state index in [0.717, 1.165) is 6.07 Å². The highest BCUT2D eigenvalue weighted by molar-refractivity contribution is 5.90. The van der Waals surface area contributed by atoms with Gasteiger partial charge in [0.25, 0.3) is 5.69 Å². The van der Waals surface area contributed by atoms with Gasteiger partial charge in [-0.25, -0.2) is 9.48 Å². The van der Waals surface area contributed by atoms with Gasteiger partial charge in [-0.15, -0.1) is 5.10 Å². The lowest BCUT2D eigenvalue weighted by molar-refractivity contribution is -0.384. The average molecular weight is 248 g/mol. The van der Waals surface area contributed by atoms with Gasteiger partial charge in [0.2, 0.25) is 0 Å². The minimum absolute atomic E-state index is 0.138. The Morgan fingerprint density at radius 3 is 2.72 bits per heavy atom. The molecule has 0 aliphatic rings. The second-order valence-corrected chi connectivity index (χ2v) is 3.54. The summed E-state index contributed by atoms with van der Waals surface area (Å²) in [6.45, 7) is 0. The number of carbonyl (C=O) groups is 1. The highest BCUT2D eigenvalue weighted by Crippen LogP contribution is 2.29. The van der Waals surface area contributed by atoms with E-state index < -0.39 is 10.9 Å². The summed E-state index contributed by atoms with van der Waals surface area (Å²) in [5.41, 5.74) is 0.289. The summed E-state index contributed by atoms with van der Waals surface area (Å²) in [6, 6.07) is 3.70. The Morgan fingerprint density at radius 1 is 1.50 bits per heavy atom. The summed E-state index contributed by atoms with van der Waals surface area (Å²) in [5.74, 6) is -1.22. The molecular formula is C10H8N4O4. The van der Waals surface area contributed by atoms with Crippen LogP contribution in [0.2, 0.25) is 0 Å². The quantitative estimate of drug-likeness (QED) is 0.642. The van der Waals surface area contributed by atoms with Crippen molar-refractivity contribution in [1.29, 1.82) is 0 Å². The second kappa shape index (κ2) is 4.24. The number of aromatic nitrogens is 3. The van der Waals surface area contributed by atoms with Gasteiger partial charge in [-0.2, -0.15) is 0 Å². The number of aryl methyl sites for hydroxylation is 1. The fourth-order valence-electron chi connectivity index (χ4n) is 1.57. The molecule has 0 atom stereocenters. The van der Waals surface area contributed by atoms with Gasteiger partial charge in [0.05, 0.1) is 27.9 Å². The lowest BCUT2D eigenvalue weighted by atomic mass is 10.1. The summed E-state index contributed by atoms with van der Waals surface area (Å²) in [5, 5.41) is 27.1. The predicted octanol–water partition coefficient (Wildman–Crippen LogP) is 1.09. The van der Waals surface area contributed by atoms with Gasteiger partial charge in [0, 0.05) is 13.1 Å². The number of nitro groups is 1. The van der Waals surface area contributed by atoms with Crippen LogP contribution in [-0.4, -0.2) is 31.0 Å². The fourth-order valence-corrected chi connectivity index (χ4v) is 1.57. The minimum atomic E-state index is -1.22. The number of carboxylic acid groups (broad SMARTS) is 1. The summed E-state index contributed by atoms with van der Waals surface area (Å²) in [4.78, 5) is 21.1. The number of aromatic carboxylic acids is 1. The maximum Gasteiger partial charge on any atom is 0.335 e. The number of hydrogen-bond acceptors (Lipinski definition) is 5. The molecule has 0 radical (unpaired) electrons. The van der Waals surface area contributed by atoms with E-state index in [1.165, 1.54) is 23.0 Å². The van der Waals surface area contributed by atoms with Crippen LogP contribution in [0.5, 0.6) is 0 Å². The molecule has 0 aliphatic carbocycles. The first-order chi connectivity index (χ1) is 8.50. The van der Waals surface area contributed by atoms with Gasteiger partial charge in [-0.05, 0) is 12.1 Å². The van der Waals surface area contributed by atoms with E-state index in [0.29, 0.717) is 5.69 Å². The largest absolute Gasteiger partial charge is 0.478 e. The molecule has 8 heteroatoms. The molecule has 1 N–H and O–H groups in total. The maximum absolute atomic E-state index is 11.0. The predicted molar refractivity (Wildman–Crippen MR) is 60.1 cm³/mol. The van der Waals surface area contributed by atoms with E-state index in [9.17, 15) is 14.9 Å². The molecule has 1 aromatic carbocycles. The van der Waals surface area contributed by atoms with Crippen molar-refractivity contribution in [2.75, 3.05) is 0 Å². The Balaban J connectivity index is 2.65. The van der Waals surface area contributed by atoms with E-state index in [-0.39, 0.29) is 16.8 Å².